The normalized spacial score (nSPS) is 42.7. The standard InChI is InChI=1S/C22H30O3/c1-4-20(24)25-19-8-7-17-16-6-5-14-13-15(23)9-11-21(14,2)18(16)10-12-22(17,19)3/h10,13,16-17,19H,4-9,11-12H2,1-3H3/t16-,17?,19?,21-,22?/m0/s1. The molecular weight excluding hydrogens is 312 g/mol. The van der Waals surface area contributed by atoms with Crippen molar-refractivity contribution in [3.63, 3.8) is 0 Å². The van der Waals surface area contributed by atoms with E-state index in [4.69, 9.17) is 4.74 Å². The molecule has 3 heteroatoms. The third-order valence-corrected chi connectivity index (χ3v) is 7.81. The van der Waals surface area contributed by atoms with Crippen molar-refractivity contribution in [2.24, 2.45) is 22.7 Å². The van der Waals surface area contributed by atoms with Gasteiger partial charge in [-0.1, -0.05) is 38.0 Å². The van der Waals surface area contributed by atoms with Crippen molar-refractivity contribution < 1.29 is 14.3 Å². The molecule has 0 saturated heterocycles. The molecule has 136 valence electrons. The number of esters is 1. The second-order valence-electron chi connectivity index (χ2n) is 9.00. The van der Waals surface area contributed by atoms with E-state index in [1.165, 1.54) is 5.57 Å². The largest absolute Gasteiger partial charge is 0.462 e. The molecular formula is C22H30O3. The van der Waals surface area contributed by atoms with Gasteiger partial charge in [-0.25, -0.2) is 0 Å². The lowest BCUT2D eigenvalue weighted by molar-refractivity contribution is -0.155. The van der Waals surface area contributed by atoms with Gasteiger partial charge in [-0.05, 0) is 56.4 Å². The minimum absolute atomic E-state index is 0.0618. The van der Waals surface area contributed by atoms with E-state index < -0.39 is 0 Å². The highest BCUT2D eigenvalue weighted by Gasteiger charge is 2.57. The zero-order valence-electron chi connectivity index (χ0n) is 15.8. The van der Waals surface area contributed by atoms with E-state index in [0.29, 0.717) is 30.5 Å². The summed E-state index contributed by atoms with van der Waals surface area (Å²) in [6.45, 7) is 6.56. The summed E-state index contributed by atoms with van der Waals surface area (Å²) in [6, 6.07) is 0. The van der Waals surface area contributed by atoms with E-state index in [9.17, 15) is 9.59 Å². The average Bonchev–Trinajstić information content (AvgIpc) is 2.92. The summed E-state index contributed by atoms with van der Waals surface area (Å²) in [6.07, 6.45) is 11.9. The summed E-state index contributed by atoms with van der Waals surface area (Å²) in [5.41, 5.74) is 3.13. The van der Waals surface area contributed by atoms with Crippen LogP contribution in [0.15, 0.2) is 23.3 Å². The first kappa shape index (κ1) is 17.1. The second-order valence-corrected chi connectivity index (χ2v) is 9.00. The SMILES string of the molecule is CCC(=O)OC1CCC2[C@@H]3CCC4=CC(=O)CC[C@]4(C)C3=CCC12C. The molecule has 0 N–H and O–H groups in total. The molecule has 2 fully saturated rings. The molecule has 2 saturated carbocycles. The van der Waals surface area contributed by atoms with Crippen LogP contribution in [0, 0.1) is 22.7 Å². The van der Waals surface area contributed by atoms with Gasteiger partial charge in [0.25, 0.3) is 0 Å². The van der Waals surface area contributed by atoms with Crippen LogP contribution >= 0.6 is 0 Å². The Balaban J connectivity index is 1.66. The van der Waals surface area contributed by atoms with Crippen molar-refractivity contribution in [1.82, 2.24) is 0 Å². The molecule has 25 heavy (non-hydrogen) atoms. The Morgan fingerprint density at radius 2 is 2.04 bits per heavy atom. The van der Waals surface area contributed by atoms with Gasteiger partial charge in [0.05, 0.1) is 0 Å². The summed E-state index contributed by atoms with van der Waals surface area (Å²) in [5.74, 6) is 1.45. The highest BCUT2D eigenvalue weighted by Crippen LogP contribution is 2.63. The summed E-state index contributed by atoms with van der Waals surface area (Å²) >= 11 is 0. The van der Waals surface area contributed by atoms with Gasteiger partial charge >= 0.3 is 5.97 Å². The Bertz CT molecular complexity index is 673. The predicted molar refractivity (Wildman–Crippen MR) is 96.9 cm³/mol. The second kappa shape index (κ2) is 5.82. The van der Waals surface area contributed by atoms with Crippen molar-refractivity contribution in [2.75, 3.05) is 0 Å². The first-order chi connectivity index (χ1) is 11.9. The van der Waals surface area contributed by atoms with Gasteiger partial charge < -0.3 is 4.74 Å². The number of ketones is 1. The third-order valence-electron chi connectivity index (χ3n) is 7.81. The summed E-state index contributed by atoms with van der Waals surface area (Å²) in [4.78, 5) is 23.7. The number of hydrogen-bond acceptors (Lipinski definition) is 3. The van der Waals surface area contributed by atoms with E-state index in [1.807, 2.05) is 13.0 Å². The van der Waals surface area contributed by atoms with Crippen LogP contribution in [0.3, 0.4) is 0 Å². The van der Waals surface area contributed by atoms with Gasteiger partial charge in [0.2, 0.25) is 0 Å². The van der Waals surface area contributed by atoms with Gasteiger partial charge in [-0.15, -0.1) is 0 Å². The van der Waals surface area contributed by atoms with Crippen molar-refractivity contribution >= 4 is 11.8 Å². The fourth-order valence-electron chi connectivity index (χ4n) is 6.25. The molecule has 3 unspecified atom stereocenters. The Kier molecular flexibility index (Phi) is 3.97. The van der Waals surface area contributed by atoms with Crippen molar-refractivity contribution in [2.45, 2.75) is 78.2 Å². The first-order valence-electron chi connectivity index (χ1n) is 10.0. The van der Waals surface area contributed by atoms with Crippen LogP contribution in [-0.2, 0) is 14.3 Å². The van der Waals surface area contributed by atoms with Gasteiger partial charge in [-0.2, -0.15) is 0 Å². The molecule has 0 aromatic rings. The van der Waals surface area contributed by atoms with E-state index in [1.54, 1.807) is 5.57 Å². The summed E-state index contributed by atoms with van der Waals surface area (Å²) in [7, 11) is 0. The number of carbonyl (C=O) groups excluding carboxylic acids is 2. The predicted octanol–water partition coefficient (Wildman–Crippen LogP) is 4.76. The van der Waals surface area contributed by atoms with Gasteiger partial charge in [0.1, 0.15) is 6.10 Å². The zero-order valence-corrected chi connectivity index (χ0v) is 15.8. The van der Waals surface area contributed by atoms with E-state index in [-0.39, 0.29) is 22.9 Å². The average molecular weight is 342 g/mol. The van der Waals surface area contributed by atoms with Crippen molar-refractivity contribution in [3.05, 3.63) is 23.3 Å². The fraction of sp³-hybridized carbons (Fsp3) is 0.727. The summed E-state index contributed by atoms with van der Waals surface area (Å²) < 4.78 is 5.83. The molecule has 3 nitrogen and oxygen atoms in total. The lowest BCUT2D eigenvalue weighted by Gasteiger charge is -2.53. The lowest BCUT2D eigenvalue weighted by Crippen LogP contribution is -2.46. The Morgan fingerprint density at radius 1 is 1.24 bits per heavy atom. The number of allylic oxidation sites excluding steroid dienone is 4. The first-order valence-corrected chi connectivity index (χ1v) is 10.0. The molecule has 0 spiro atoms. The molecule has 0 radical (unpaired) electrons. The Hall–Kier alpha value is -1.38. The number of rotatable bonds is 2. The molecule has 0 aliphatic heterocycles. The maximum atomic E-state index is 11.9. The van der Waals surface area contributed by atoms with Crippen molar-refractivity contribution in [3.8, 4) is 0 Å². The van der Waals surface area contributed by atoms with Gasteiger partial charge in [0, 0.05) is 23.7 Å². The molecule has 5 atom stereocenters. The minimum atomic E-state index is -0.0618. The molecule has 0 aromatic carbocycles. The monoisotopic (exact) mass is 342 g/mol. The highest BCUT2D eigenvalue weighted by molar-refractivity contribution is 5.92. The minimum Gasteiger partial charge on any atom is -0.462 e. The molecule has 0 bridgehead atoms. The molecule has 4 rings (SSSR count). The Labute approximate surface area is 150 Å². The van der Waals surface area contributed by atoms with Gasteiger partial charge in [0.15, 0.2) is 5.78 Å². The highest BCUT2D eigenvalue weighted by atomic mass is 16.5. The van der Waals surface area contributed by atoms with E-state index in [0.717, 1.165) is 38.5 Å². The van der Waals surface area contributed by atoms with Crippen LogP contribution < -0.4 is 0 Å². The molecule has 4 aliphatic rings. The van der Waals surface area contributed by atoms with Crippen LogP contribution in [0.25, 0.3) is 0 Å². The summed E-state index contributed by atoms with van der Waals surface area (Å²) in [5, 5.41) is 0. The topological polar surface area (TPSA) is 43.4 Å². The van der Waals surface area contributed by atoms with Crippen LogP contribution in [-0.4, -0.2) is 17.9 Å². The number of fused-ring (bicyclic) bond motifs is 5. The van der Waals surface area contributed by atoms with Gasteiger partial charge in [-0.3, -0.25) is 9.59 Å². The number of ether oxygens (including phenoxy) is 1. The van der Waals surface area contributed by atoms with Crippen LogP contribution in [0.5, 0.6) is 0 Å². The maximum Gasteiger partial charge on any atom is 0.305 e. The molecule has 0 amide bonds. The molecule has 0 aromatic heterocycles. The van der Waals surface area contributed by atoms with Crippen LogP contribution in [0.1, 0.15) is 72.1 Å². The quantitative estimate of drug-likeness (QED) is 0.537. The van der Waals surface area contributed by atoms with E-state index in [2.05, 4.69) is 19.9 Å². The number of carbonyl (C=O) groups is 2. The van der Waals surface area contributed by atoms with Crippen molar-refractivity contribution in [1.29, 1.82) is 0 Å². The van der Waals surface area contributed by atoms with Crippen LogP contribution in [0.4, 0.5) is 0 Å². The van der Waals surface area contributed by atoms with E-state index >= 15 is 0 Å². The Morgan fingerprint density at radius 3 is 2.80 bits per heavy atom. The fourth-order valence-corrected chi connectivity index (χ4v) is 6.25. The molecule has 0 heterocycles. The lowest BCUT2D eigenvalue weighted by atomic mass is 9.52. The third kappa shape index (κ3) is 2.45. The molecule has 4 aliphatic carbocycles. The smallest absolute Gasteiger partial charge is 0.305 e. The number of hydrogen-bond donors (Lipinski definition) is 0. The maximum absolute atomic E-state index is 11.9. The zero-order chi connectivity index (χ0) is 17.8. The van der Waals surface area contributed by atoms with Crippen LogP contribution in [0.2, 0.25) is 0 Å².